The Kier molecular flexibility index (Phi) is 5.98. The van der Waals surface area contributed by atoms with E-state index >= 15 is 0 Å². The number of nitrogens with zero attached hydrogens (tertiary/aromatic N) is 3. The molecule has 2 heterocycles. The van der Waals surface area contributed by atoms with Gasteiger partial charge in [0.1, 0.15) is 5.83 Å². The van der Waals surface area contributed by atoms with E-state index in [1.165, 1.54) is 6.08 Å². The van der Waals surface area contributed by atoms with Gasteiger partial charge in [-0.25, -0.2) is 4.39 Å². The number of pyridine rings is 1. The molecule has 0 spiro atoms. The van der Waals surface area contributed by atoms with Crippen LogP contribution >= 0.6 is 23.5 Å². The Hall–Kier alpha value is -1.86. The lowest BCUT2D eigenvalue weighted by molar-refractivity contribution is 0.560. The van der Waals surface area contributed by atoms with Gasteiger partial charge in [0.2, 0.25) is 0 Å². The highest BCUT2D eigenvalue weighted by molar-refractivity contribution is 7.97. The van der Waals surface area contributed by atoms with E-state index in [2.05, 4.69) is 11.1 Å². The highest BCUT2D eigenvalue weighted by Gasteiger charge is 2.13. The summed E-state index contributed by atoms with van der Waals surface area (Å²) < 4.78 is 17.9. The fourth-order valence-electron chi connectivity index (χ4n) is 2.81. The fourth-order valence-corrected chi connectivity index (χ4v) is 3.69. The maximum absolute atomic E-state index is 14.0. The summed E-state index contributed by atoms with van der Waals surface area (Å²) in [5.41, 5.74) is 8.26. The molecule has 0 unspecified atom stereocenters. The minimum absolute atomic E-state index is 0.134. The maximum Gasteiger partial charge on any atom is 0.117 e. The molecule has 0 amide bonds. The van der Waals surface area contributed by atoms with Gasteiger partial charge in [0, 0.05) is 57.1 Å². The van der Waals surface area contributed by atoms with Gasteiger partial charge in [0.15, 0.2) is 0 Å². The molecule has 3 aromatic rings. The number of fused-ring (bicyclic) bond motifs is 1. The van der Waals surface area contributed by atoms with E-state index in [0.29, 0.717) is 5.02 Å². The number of hydrogen-bond donors (Lipinski definition) is 1. The second kappa shape index (κ2) is 8.22. The predicted octanol–water partition coefficient (Wildman–Crippen LogP) is 4.74. The van der Waals surface area contributed by atoms with E-state index < -0.39 is 0 Å². The van der Waals surface area contributed by atoms with Gasteiger partial charge < -0.3 is 10.3 Å². The van der Waals surface area contributed by atoms with Crippen molar-refractivity contribution in [1.82, 2.24) is 13.9 Å². The first-order valence-corrected chi connectivity index (χ1v) is 9.27. The van der Waals surface area contributed by atoms with Crippen molar-refractivity contribution in [1.29, 1.82) is 0 Å². The maximum atomic E-state index is 14.0. The van der Waals surface area contributed by atoms with Crippen molar-refractivity contribution in [3.63, 3.8) is 0 Å². The largest absolute Gasteiger partial charge is 0.340 e. The van der Waals surface area contributed by atoms with Crippen LogP contribution in [0, 0.1) is 0 Å². The average molecular weight is 391 g/mol. The van der Waals surface area contributed by atoms with Gasteiger partial charge in [0.25, 0.3) is 0 Å². The molecule has 0 bridgehead atoms. The average Bonchev–Trinajstić information content (AvgIpc) is 2.92. The standard InChI is InChI=1S/C19H20ClFN4S/c1-24(2)26-16-7-13(9-23-10-16)18-12-25(11-15(21)5-6-22)19-4-3-14(20)8-17(18)19/h3-5,7-10,12H,6,11,22H2,1-2H3/b15-5-. The molecule has 26 heavy (non-hydrogen) atoms. The van der Waals surface area contributed by atoms with Gasteiger partial charge in [-0.05, 0) is 56.4 Å². The Labute approximate surface area is 161 Å². The number of nitrogens with two attached hydrogens (primary N) is 1. The second-order valence-corrected chi connectivity index (χ2v) is 7.85. The lowest BCUT2D eigenvalue weighted by atomic mass is 10.1. The van der Waals surface area contributed by atoms with Gasteiger partial charge in [-0.3, -0.25) is 9.29 Å². The first-order valence-electron chi connectivity index (χ1n) is 8.11. The van der Waals surface area contributed by atoms with Crippen LogP contribution in [0.3, 0.4) is 0 Å². The molecule has 0 fully saturated rings. The predicted molar refractivity (Wildman–Crippen MR) is 108 cm³/mol. The first kappa shape index (κ1) is 18.9. The molecule has 1 aromatic carbocycles. The molecule has 3 rings (SSSR count). The Morgan fingerprint density at radius 3 is 2.88 bits per heavy atom. The van der Waals surface area contributed by atoms with Gasteiger partial charge in [-0.1, -0.05) is 11.6 Å². The van der Waals surface area contributed by atoms with Crippen LogP contribution in [0.25, 0.3) is 22.0 Å². The van der Waals surface area contributed by atoms with Crippen molar-refractivity contribution in [2.24, 2.45) is 5.73 Å². The fraction of sp³-hybridized carbons (Fsp3) is 0.211. The van der Waals surface area contributed by atoms with E-state index in [9.17, 15) is 4.39 Å². The summed E-state index contributed by atoms with van der Waals surface area (Å²) in [5, 5.41) is 1.60. The van der Waals surface area contributed by atoms with Gasteiger partial charge >= 0.3 is 0 Å². The van der Waals surface area contributed by atoms with Crippen molar-refractivity contribution < 1.29 is 4.39 Å². The highest BCUT2D eigenvalue weighted by Crippen LogP contribution is 2.34. The Morgan fingerprint density at radius 2 is 2.15 bits per heavy atom. The van der Waals surface area contributed by atoms with Crippen LogP contribution in [0.5, 0.6) is 0 Å². The van der Waals surface area contributed by atoms with Crippen LogP contribution < -0.4 is 5.73 Å². The van der Waals surface area contributed by atoms with Crippen LogP contribution in [0.4, 0.5) is 4.39 Å². The minimum Gasteiger partial charge on any atom is -0.340 e. The SMILES string of the molecule is CN(C)Sc1cncc(-c2cn(C/C(F)=C/CN)c3ccc(Cl)cc23)c1. The van der Waals surface area contributed by atoms with Crippen LogP contribution in [0.2, 0.25) is 5.02 Å². The van der Waals surface area contributed by atoms with Gasteiger partial charge in [-0.15, -0.1) is 0 Å². The molecule has 7 heteroatoms. The molecule has 0 atom stereocenters. The minimum atomic E-state index is -0.263. The zero-order valence-electron chi connectivity index (χ0n) is 14.6. The Bertz CT molecular complexity index is 952. The first-order chi connectivity index (χ1) is 12.5. The number of hydrogen-bond acceptors (Lipinski definition) is 4. The van der Waals surface area contributed by atoms with Crippen molar-refractivity contribution in [2.45, 2.75) is 11.4 Å². The smallest absolute Gasteiger partial charge is 0.117 e. The van der Waals surface area contributed by atoms with E-state index in [4.69, 9.17) is 17.3 Å². The van der Waals surface area contributed by atoms with Gasteiger partial charge in [-0.2, -0.15) is 0 Å². The summed E-state index contributed by atoms with van der Waals surface area (Å²) in [7, 11) is 3.96. The second-order valence-electron chi connectivity index (χ2n) is 6.03. The number of aromatic nitrogens is 2. The van der Waals surface area contributed by atoms with Crippen molar-refractivity contribution in [3.05, 3.63) is 59.8 Å². The van der Waals surface area contributed by atoms with E-state index in [-0.39, 0.29) is 18.9 Å². The molecule has 2 aromatic heterocycles. The normalized spacial score (nSPS) is 12.3. The van der Waals surface area contributed by atoms with Crippen LogP contribution in [0.1, 0.15) is 0 Å². The molecular formula is C19H20ClFN4S. The number of benzene rings is 1. The van der Waals surface area contributed by atoms with Crippen molar-refractivity contribution >= 4 is 34.5 Å². The highest BCUT2D eigenvalue weighted by atomic mass is 35.5. The molecule has 2 N–H and O–H groups in total. The third kappa shape index (κ3) is 4.27. The lowest BCUT2D eigenvalue weighted by Crippen LogP contribution is -2.00. The molecular weight excluding hydrogens is 371 g/mol. The summed E-state index contributed by atoms with van der Waals surface area (Å²) in [6.07, 6.45) is 6.96. The molecule has 0 aliphatic carbocycles. The van der Waals surface area contributed by atoms with E-state index in [1.54, 1.807) is 11.9 Å². The Balaban J connectivity index is 2.11. The number of rotatable bonds is 6. The summed E-state index contributed by atoms with van der Waals surface area (Å²) >= 11 is 7.80. The molecule has 4 nitrogen and oxygen atoms in total. The topological polar surface area (TPSA) is 47.1 Å². The number of allylic oxidation sites excluding steroid dienone is 1. The van der Waals surface area contributed by atoms with Crippen LogP contribution in [-0.2, 0) is 6.54 Å². The summed E-state index contributed by atoms with van der Waals surface area (Å²) in [6, 6.07) is 7.69. The van der Waals surface area contributed by atoms with Crippen LogP contribution in [-0.4, -0.2) is 34.5 Å². The monoisotopic (exact) mass is 390 g/mol. The van der Waals surface area contributed by atoms with E-state index in [0.717, 1.165) is 26.9 Å². The number of halogens is 2. The van der Waals surface area contributed by atoms with E-state index in [1.807, 2.05) is 59.8 Å². The van der Waals surface area contributed by atoms with Crippen LogP contribution in [0.15, 0.2) is 59.7 Å². The summed E-state index contributed by atoms with van der Waals surface area (Å²) in [5.74, 6) is -0.263. The quantitative estimate of drug-likeness (QED) is 0.617. The van der Waals surface area contributed by atoms with Crippen molar-refractivity contribution in [3.8, 4) is 11.1 Å². The molecule has 0 aliphatic heterocycles. The summed E-state index contributed by atoms with van der Waals surface area (Å²) in [4.78, 5) is 5.38. The Morgan fingerprint density at radius 1 is 1.35 bits per heavy atom. The molecule has 0 aliphatic rings. The lowest BCUT2D eigenvalue weighted by Gasteiger charge is -2.09. The molecule has 0 radical (unpaired) electrons. The molecule has 0 saturated heterocycles. The zero-order valence-corrected chi connectivity index (χ0v) is 16.2. The third-order valence-corrected chi connectivity index (χ3v) is 4.85. The third-order valence-electron chi connectivity index (χ3n) is 3.82. The van der Waals surface area contributed by atoms with Crippen molar-refractivity contribution in [2.75, 3.05) is 20.6 Å². The zero-order chi connectivity index (χ0) is 18.7. The molecule has 0 saturated carbocycles. The van der Waals surface area contributed by atoms with Gasteiger partial charge in [0.05, 0.1) is 6.54 Å². The summed E-state index contributed by atoms with van der Waals surface area (Å²) in [6.45, 7) is 0.312. The molecule has 136 valence electrons.